The molecule has 0 atom stereocenters. The summed E-state index contributed by atoms with van der Waals surface area (Å²) in [5, 5.41) is 0. The van der Waals surface area contributed by atoms with Crippen LogP contribution in [-0.2, 0) is 4.79 Å². The standard InChI is InChI=1S/C19H20N2O2/c1-2-20(16-9-4-3-5-10-16)19(23)15-8-6-11-17(14-15)21-13-7-12-18(21)22/h3-6,8-11,14H,2,7,12-13H2,1H3. The summed E-state index contributed by atoms with van der Waals surface area (Å²) in [6, 6.07) is 17.0. The molecule has 2 aromatic rings. The highest BCUT2D eigenvalue weighted by Crippen LogP contribution is 2.24. The van der Waals surface area contributed by atoms with E-state index in [9.17, 15) is 9.59 Å². The van der Waals surface area contributed by atoms with Crippen LogP contribution in [0.3, 0.4) is 0 Å². The van der Waals surface area contributed by atoms with Crippen LogP contribution in [0.15, 0.2) is 54.6 Å². The highest BCUT2D eigenvalue weighted by Gasteiger charge is 2.23. The zero-order chi connectivity index (χ0) is 16.2. The van der Waals surface area contributed by atoms with Gasteiger partial charge >= 0.3 is 0 Å². The Bertz CT molecular complexity index is 712. The number of nitrogens with zero attached hydrogens (tertiary/aromatic N) is 2. The molecule has 2 aromatic carbocycles. The molecule has 118 valence electrons. The summed E-state index contributed by atoms with van der Waals surface area (Å²) >= 11 is 0. The summed E-state index contributed by atoms with van der Waals surface area (Å²) in [4.78, 5) is 28.2. The number of carbonyl (C=O) groups is 2. The van der Waals surface area contributed by atoms with E-state index in [0.717, 1.165) is 24.3 Å². The van der Waals surface area contributed by atoms with Crippen LogP contribution in [0.2, 0.25) is 0 Å². The lowest BCUT2D eigenvalue weighted by molar-refractivity contribution is -0.117. The summed E-state index contributed by atoms with van der Waals surface area (Å²) in [6.45, 7) is 3.28. The molecule has 0 unspecified atom stereocenters. The van der Waals surface area contributed by atoms with Crippen molar-refractivity contribution in [2.75, 3.05) is 22.9 Å². The highest BCUT2D eigenvalue weighted by atomic mass is 16.2. The van der Waals surface area contributed by atoms with Crippen LogP contribution in [0.25, 0.3) is 0 Å². The Morgan fingerprint density at radius 3 is 2.57 bits per heavy atom. The van der Waals surface area contributed by atoms with Crippen molar-refractivity contribution < 1.29 is 9.59 Å². The first-order chi connectivity index (χ1) is 11.2. The van der Waals surface area contributed by atoms with Crippen molar-refractivity contribution in [3.8, 4) is 0 Å². The van der Waals surface area contributed by atoms with Gasteiger partial charge in [0.15, 0.2) is 0 Å². The first-order valence-corrected chi connectivity index (χ1v) is 7.98. The van der Waals surface area contributed by atoms with Gasteiger partial charge in [0.2, 0.25) is 5.91 Å². The van der Waals surface area contributed by atoms with Crippen molar-refractivity contribution in [2.24, 2.45) is 0 Å². The summed E-state index contributed by atoms with van der Waals surface area (Å²) in [5.41, 5.74) is 2.29. The molecular weight excluding hydrogens is 288 g/mol. The third-order valence-corrected chi connectivity index (χ3v) is 4.11. The Labute approximate surface area is 136 Å². The van der Waals surface area contributed by atoms with Gasteiger partial charge in [-0.2, -0.15) is 0 Å². The Kier molecular flexibility index (Phi) is 4.42. The molecule has 3 rings (SSSR count). The lowest BCUT2D eigenvalue weighted by Crippen LogP contribution is -2.31. The van der Waals surface area contributed by atoms with Crippen molar-refractivity contribution in [3.05, 3.63) is 60.2 Å². The van der Waals surface area contributed by atoms with Crippen LogP contribution in [0.1, 0.15) is 30.1 Å². The summed E-state index contributed by atoms with van der Waals surface area (Å²) in [5.74, 6) is 0.0807. The zero-order valence-corrected chi connectivity index (χ0v) is 13.2. The smallest absolute Gasteiger partial charge is 0.258 e. The number of para-hydroxylation sites is 1. The van der Waals surface area contributed by atoms with Gasteiger partial charge < -0.3 is 9.80 Å². The van der Waals surface area contributed by atoms with Crippen molar-refractivity contribution in [1.82, 2.24) is 0 Å². The summed E-state index contributed by atoms with van der Waals surface area (Å²) in [6.07, 6.45) is 1.46. The van der Waals surface area contributed by atoms with Crippen molar-refractivity contribution in [2.45, 2.75) is 19.8 Å². The summed E-state index contributed by atoms with van der Waals surface area (Å²) < 4.78 is 0. The van der Waals surface area contributed by atoms with E-state index in [1.165, 1.54) is 0 Å². The number of carbonyl (C=O) groups excluding carboxylic acids is 2. The van der Waals surface area contributed by atoms with Gasteiger partial charge in [-0.3, -0.25) is 9.59 Å². The number of amides is 2. The second-order valence-electron chi connectivity index (χ2n) is 5.58. The molecule has 23 heavy (non-hydrogen) atoms. The molecule has 0 aliphatic carbocycles. The molecule has 0 bridgehead atoms. The van der Waals surface area contributed by atoms with Crippen LogP contribution < -0.4 is 9.80 Å². The number of hydrogen-bond donors (Lipinski definition) is 0. The molecule has 0 spiro atoms. The van der Waals surface area contributed by atoms with Gasteiger partial charge in [0, 0.05) is 36.4 Å². The fraction of sp³-hybridized carbons (Fsp3) is 0.263. The van der Waals surface area contributed by atoms with Gasteiger partial charge in [-0.05, 0) is 43.7 Å². The summed E-state index contributed by atoms with van der Waals surface area (Å²) in [7, 11) is 0. The van der Waals surface area contributed by atoms with Crippen LogP contribution in [0.5, 0.6) is 0 Å². The van der Waals surface area contributed by atoms with E-state index in [4.69, 9.17) is 0 Å². The fourth-order valence-corrected chi connectivity index (χ4v) is 2.94. The number of anilines is 2. The highest BCUT2D eigenvalue weighted by molar-refractivity contribution is 6.07. The molecular formula is C19H20N2O2. The van der Waals surface area contributed by atoms with Gasteiger partial charge in [0.25, 0.3) is 5.91 Å². The fourth-order valence-electron chi connectivity index (χ4n) is 2.94. The van der Waals surface area contributed by atoms with E-state index in [2.05, 4.69) is 0 Å². The maximum Gasteiger partial charge on any atom is 0.258 e. The van der Waals surface area contributed by atoms with Crippen molar-refractivity contribution >= 4 is 23.2 Å². The van der Waals surface area contributed by atoms with Gasteiger partial charge in [-0.1, -0.05) is 24.3 Å². The second-order valence-corrected chi connectivity index (χ2v) is 5.58. The molecule has 1 aliphatic heterocycles. The average Bonchev–Trinajstić information content (AvgIpc) is 3.02. The van der Waals surface area contributed by atoms with Crippen LogP contribution in [-0.4, -0.2) is 24.9 Å². The van der Waals surface area contributed by atoms with Gasteiger partial charge in [0.05, 0.1) is 0 Å². The number of rotatable bonds is 4. The van der Waals surface area contributed by atoms with Crippen molar-refractivity contribution in [1.29, 1.82) is 0 Å². The Balaban J connectivity index is 1.88. The predicted octanol–water partition coefficient (Wildman–Crippen LogP) is 3.48. The molecule has 1 heterocycles. The third kappa shape index (κ3) is 3.11. The topological polar surface area (TPSA) is 40.6 Å². The molecule has 4 heteroatoms. The molecule has 0 aromatic heterocycles. The largest absolute Gasteiger partial charge is 0.312 e. The van der Waals surface area contributed by atoms with Crippen LogP contribution in [0.4, 0.5) is 11.4 Å². The quantitative estimate of drug-likeness (QED) is 0.867. The van der Waals surface area contributed by atoms with E-state index in [1.54, 1.807) is 15.9 Å². The lowest BCUT2D eigenvalue weighted by Gasteiger charge is -2.22. The third-order valence-electron chi connectivity index (χ3n) is 4.11. The monoisotopic (exact) mass is 308 g/mol. The molecule has 1 saturated heterocycles. The molecule has 4 nitrogen and oxygen atoms in total. The minimum absolute atomic E-state index is 0.0489. The Hall–Kier alpha value is -2.62. The molecule has 0 radical (unpaired) electrons. The molecule has 2 amide bonds. The number of hydrogen-bond acceptors (Lipinski definition) is 2. The van der Waals surface area contributed by atoms with Gasteiger partial charge in [0.1, 0.15) is 0 Å². The molecule has 1 fully saturated rings. The van der Waals surface area contributed by atoms with Crippen LogP contribution >= 0.6 is 0 Å². The number of benzene rings is 2. The van der Waals surface area contributed by atoms with Crippen molar-refractivity contribution in [3.63, 3.8) is 0 Å². The Morgan fingerprint density at radius 2 is 1.91 bits per heavy atom. The van der Waals surface area contributed by atoms with E-state index < -0.39 is 0 Å². The second kappa shape index (κ2) is 6.65. The molecule has 1 aliphatic rings. The molecule has 0 N–H and O–H groups in total. The first-order valence-electron chi connectivity index (χ1n) is 7.98. The normalized spacial score (nSPS) is 14.1. The SMILES string of the molecule is CCN(C(=O)c1cccc(N2CCCC2=O)c1)c1ccccc1. The van der Waals surface area contributed by atoms with E-state index in [0.29, 0.717) is 18.5 Å². The van der Waals surface area contributed by atoms with E-state index in [1.807, 2.05) is 55.5 Å². The van der Waals surface area contributed by atoms with E-state index >= 15 is 0 Å². The zero-order valence-electron chi connectivity index (χ0n) is 13.2. The maximum absolute atomic E-state index is 12.8. The average molecular weight is 308 g/mol. The van der Waals surface area contributed by atoms with Crippen LogP contribution in [0, 0.1) is 0 Å². The minimum atomic E-state index is -0.0489. The molecule has 0 saturated carbocycles. The lowest BCUT2D eigenvalue weighted by atomic mass is 10.1. The predicted molar refractivity (Wildman–Crippen MR) is 91.8 cm³/mol. The van der Waals surface area contributed by atoms with E-state index in [-0.39, 0.29) is 11.8 Å². The van der Waals surface area contributed by atoms with Gasteiger partial charge in [-0.15, -0.1) is 0 Å². The first kappa shape index (κ1) is 15.3. The Morgan fingerprint density at radius 1 is 1.13 bits per heavy atom. The maximum atomic E-state index is 12.8. The van der Waals surface area contributed by atoms with Gasteiger partial charge in [-0.25, -0.2) is 0 Å². The minimum Gasteiger partial charge on any atom is -0.312 e.